The first kappa shape index (κ1) is 20.6. The lowest BCUT2D eigenvalue weighted by molar-refractivity contribution is 0.652. The van der Waals surface area contributed by atoms with E-state index in [1.165, 1.54) is 20.9 Å². The van der Waals surface area contributed by atoms with Crippen LogP contribution in [0.15, 0.2) is 58.3 Å². The molecule has 2 aromatic carbocycles. The summed E-state index contributed by atoms with van der Waals surface area (Å²) in [6, 6.07) is 17.3. The second kappa shape index (κ2) is 9.29. The van der Waals surface area contributed by atoms with Crippen molar-refractivity contribution in [1.82, 2.24) is 0 Å². The Balaban J connectivity index is 2.08. The number of hydrogen-bond donors (Lipinski definition) is 0. The molecule has 1 nitrogen and oxygen atoms in total. The van der Waals surface area contributed by atoms with Gasteiger partial charge in [0.15, 0.2) is 0 Å². The Hall–Kier alpha value is -0.710. The standard InChI is InChI=1S/C21H27OS3/c1-16-6-10-18(11-7-16)23-20(14-15-25(22)21(3,4)5)24-19-12-8-17(2)9-13-19/h6-13,15,20H,14H2,1-5H3/q-1. The SMILES string of the molecule is Cc1ccc(SC(C[CH-]S(=O)C(C)(C)C)Sc2ccc(C)cc2)cc1. The minimum absolute atomic E-state index is 0.201. The van der Waals surface area contributed by atoms with Crippen molar-refractivity contribution in [3.05, 3.63) is 65.4 Å². The molecule has 136 valence electrons. The topological polar surface area (TPSA) is 17.1 Å². The summed E-state index contributed by atoms with van der Waals surface area (Å²) >= 11 is 3.69. The van der Waals surface area contributed by atoms with Crippen LogP contribution < -0.4 is 0 Å². The molecule has 0 heterocycles. The molecule has 0 aliphatic carbocycles. The third-order valence-electron chi connectivity index (χ3n) is 3.62. The van der Waals surface area contributed by atoms with Crippen molar-refractivity contribution in [2.24, 2.45) is 0 Å². The van der Waals surface area contributed by atoms with Crippen molar-refractivity contribution in [2.45, 2.75) is 60.2 Å². The Morgan fingerprint density at radius 1 is 0.880 bits per heavy atom. The van der Waals surface area contributed by atoms with Crippen LogP contribution in [0, 0.1) is 19.6 Å². The van der Waals surface area contributed by atoms with Crippen LogP contribution in [0.4, 0.5) is 0 Å². The van der Waals surface area contributed by atoms with E-state index in [0.717, 1.165) is 6.42 Å². The minimum atomic E-state index is -0.933. The second-order valence-electron chi connectivity index (χ2n) is 7.10. The Morgan fingerprint density at radius 3 is 1.64 bits per heavy atom. The molecule has 4 heteroatoms. The maximum absolute atomic E-state index is 12.4. The molecular weight excluding hydrogens is 364 g/mol. The maximum Gasteiger partial charge on any atom is 0.0336 e. The smallest absolute Gasteiger partial charge is 0.0336 e. The van der Waals surface area contributed by atoms with Gasteiger partial charge in [-0.25, -0.2) is 5.75 Å². The van der Waals surface area contributed by atoms with E-state index in [4.69, 9.17) is 0 Å². The molecule has 2 rings (SSSR count). The van der Waals surface area contributed by atoms with Gasteiger partial charge in [-0.1, -0.05) is 56.2 Å². The molecule has 0 aliphatic rings. The van der Waals surface area contributed by atoms with Gasteiger partial charge < -0.3 is 0 Å². The Bertz CT molecular complexity index is 637. The van der Waals surface area contributed by atoms with E-state index < -0.39 is 10.8 Å². The molecule has 1 atom stereocenters. The first-order valence-corrected chi connectivity index (χ1v) is 11.4. The zero-order chi connectivity index (χ0) is 18.4. The molecular formula is C21H27OS3-. The Morgan fingerprint density at radius 2 is 1.28 bits per heavy atom. The third-order valence-corrected chi connectivity index (χ3v) is 7.90. The van der Waals surface area contributed by atoms with Crippen LogP contribution in [0.2, 0.25) is 0 Å². The van der Waals surface area contributed by atoms with Gasteiger partial charge in [-0.3, -0.25) is 4.21 Å². The van der Waals surface area contributed by atoms with Crippen LogP contribution in [-0.4, -0.2) is 13.5 Å². The highest BCUT2D eigenvalue weighted by atomic mass is 32.2. The fourth-order valence-electron chi connectivity index (χ4n) is 2.07. The first-order valence-electron chi connectivity index (χ1n) is 8.45. The molecule has 0 N–H and O–H groups in total. The van der Waals surface area contributed by atoms with Gasteiger partial charge in [0.05, 0.1) is 0 Å². The van der Waals surface area contributed by atoms with E-state index in [2.05, 4.69) is 62.4 Å². The lowest BCUT2D eigenvalue weighted by Gasteiger charge is -2.28. The molecule has 0 aliphatic heterocycles. The summed E-state index contributed by atoms with van der Waals surface area (Å²) in [4.78, 5) is 2.51. The molecule has 2 aromatic rings. The zero-order valence-electron chi connectivity index (χ0n) is 15.6. The van der Waals surface area contributed by atoms with Crippen LogP contribution in [0.3, 0.4) is 0 Å². The first-order chi connectivity index (χ1) is 11.7. The molecule has 0 spiro atoms. The van der Waals surface area contributed by atoms with Gasteiger partial charge in [0.25, 0.3) is 0 Å². The molecule has 0 fully saturated rings. The molecule has 0 saturated carbocycles. The summed E-state index contributed by atoms with van der Waals surface area (Å²) in [5, 5.41) is 0. The number of benzene rings is 2. The van der Waals surface area contributed by atoms with Crippen molar-refractivity contribution < 1.29 is 4.21 Å². The second-order valence-corrected chi connectivity index (χ2v) is 12.1. The summed E-state index contributed by atoms with van der Waals surface area (Å²) < 4.78 is 12.5. The zero-order valence-corrected chi connectivity index (χ0v) is 18.1. The van der Waals surface area contributed by atoms with E-state index >= 15 is 0 Å². The lowest BCUT2D eigenvalue weighted by atomic mass is 10.2. The van der Waals surface area contributed by atoms with Crippen LogP contribution >= 0.6 is 23.5 Å². The van der Waals surface area contributed by atoms with E-state index in [1.807, 2.05) is 50.0 Å². The highest BCUT2D eigenvalue weighted by molar-refractivity contribution is 8.17. The average molecular weight is 392 g/mol. The van der Waals surface area contributed by atoms with Gasteiger partial charge in [0.2, 0.25) is 0 Å². The number of hydrogen-bond acceptors (Lipinski definition) is 3. The Kier molecular flexibility index (Phi) is 7.66. The van der Waals surface area contributed by atoms with Crippen LogP contribution in [0.25, 0.3) is 0 Å². The summed E-state index contributed by atoms with van der Waals surface area (Å²) in [6.07, 6.45) is 0.807. The van der Waals surface area contributed by atoms with Gasteiger partial charge in [0, 0.05) is 19.1 Å². The fraction of sp³-hybridized carbons (Fsp3) is 0.381. The van der Waals surface area contributed by atoms with Gasteiger partial charge in [-0.05, 0) is 38.1 Å². The van der Waals surface area contributed by atoms with Crippen LogP contribution in [0.5, 0.6) is 0 Å². The maximum atomic E-state index is 12.4. The molecule has 0 aromatic heterocycles. The molecule has 0 saturated heterocycles. The van der Waals surface area contributed by atoms with Crippen molar-refractivity contribution >= 4 is 34.3 Å². The highest BCUT2D eigenvalue weighted by Crippen LogP contribution is 2.39. The highest BCUT2D eigenvalue weighted by Gasteiger charge is 2.15. The Labute approximate surface area is 163 Å². The minimum Gasteiger partial charge on any atom is -0.294 e. The summed E-state index contributed by atoms with van der Waals surface area (Å²) in [5.41, 5.74) is 2.54. The molecule has 0 radical (unpaired) electrons. The van der Waals surface area contributed by atoms with Gasteiger partial charge in [-0.2, -0.15) is 0 Å². The molecule has 0 bridgehead atoms. The number of thioether (sulfide) groups is 2. The van der Waals surface area contributed by atoms with Crippen molar-refractivity contribution in [3.63, 3.8) is 0 Å². The summed E-state index contributed by atoms with van der Waals surface area (Å²) in [5.74, 6) is 1.98. The van der Waals surface area contributed by atoms with E-state index in [-0.39, 0.29) is 4.75 Å². The largest absolute Gasteiger partial charge is 0.294 e. The predicted octanol–water partition coefficient (Wildman–Crippen LogP) is 6.61. The predicted molar refractivity (Wildman–Crippen MR) is 115 cm³/mol. The van der Waals surface area contributed by atoms with Crippen molar-refractivity contribution in [1.29, 1.82) is 0 Å². The normalized spacial score (nSPS) is 13.2. The van der Waals surface area contributed by atoms with Gasteiger partial charge in [0.1, 0.15) is 0 Å². The van der Waals surface area contributed by atoms with Crippen LogP contribution in [0.1, 0.15) is 38.3 Å². The molecule has 25 heavy (non-hydrogen) atoms. The van der Waals surface area contributed by atoms with E-state index in [9.17, 15) is 4.21 Å². The van der Waals surface area contributed by atoms with E-state index in [0.29, 0.717) is 4.58 Å². The van der Waals surface area contributed by atoms with Gasteiger partial charge in [-0.15, -0.1) is 40.7 Å². The van der Waals surface area contributed by atoms with Crippen molar-refractivity contribution in [2.75, 3.05) is 0 Å². The number of aryl methyl sites for hydroxylation is 2. The quantitative estimate of drug-likeness (QED) is 0.300. The molecule has 1 unspecified atom stereocenters. The average Bonchev–Trinajstić information content (AvgIpc) is 2.55. The monoisotopic (exact) mass is 391 g/mol. The van der Waals surface area contributed by atoms with Crippen LogP contribution in [-0.2, 0) is 10.8 Å². The van der Waals surface area contributed by atoms with Gasteiger partial charge >= 0.3 is 0 Å². The van der Waals surface area contributed by atoms with Crippen molar-refractivity contribution in [3.8, 4) is 0 Å². The number of rotatable bonds is 7. The molecule has 0 amide bonds. The summed E-state index contributed by atoms with van der Waals surface area (Å²) in [7, 11) is -0.933. The van der Waals surface area contributed by atoms with E-state index in [1.54, 1.807) is 0 Å². The fourth-order valence-corrected chi connectivity index (χ4v) is 5.62. The summed E-state index contributed by atoms with van der Waals surface area (Å²) in [6.45, 7) is 10.3. The lowest BCUT2D eigenvalue weighted by Crippen LogP contribution is -2.22. The third kappa shape index (κ3) is 7.20.